The smallest absolute Gasteiger partial charge is 0.335 e. The molecule has 0 radical (unpaired) electrons. The van der Waals surface area contributed by atoms with Crippen molar-refractivity contribution in [3.63, 3.8) is 0 Å². The second-order valence-corrected chi connectivity index (χ2v) is 5.67. The van der Waals surface area contributed by atoms with Gasteiger partial charge in [0.05, 0.1) is 12.2 Å². The summed E-state index contributed by atoms with van der Waals surface area (Å²) in [5.41, 5.74) is 0.238. The Kier molecular flexibility index (Phi) is 7.15. The molecule has 0 aliphatic rings. The van der Waals surface area contributed by atoms with Crippen LogP contribution >= 0.6 is 0 Å². The molecule has 1 N–H and O–H groups in total. The number of carbonyl (C=O) groups is 1. The van der Waals surface area contributed by atoms with Gasteiger partial charge in [0.25, 0.3) is 0 Å². The highest BCUT2D eigenvalue weighted by atomic mass is 16.5. The van der Waals surface area contributed by atoms with Crippen molar-refractivity contribution >= 4 is 5.97 Å². The van der Waals surface area contributed by atoms with Gasteiger partial charge in [-0.2, -0.15) is 0 Å². The SMILES string of the molecule is CCCCCCCOc1cccc(Oc2ccc(C(=O)O)cc2)c1. The van der Waals surface area contributed by atoms with Crippen LogP contribution in [0.15, 0.2) is 48.5 Å². The average Bonchev–Trinajstić information content (AvgIpc) is 2.59. The lowest BCUT2D eigenvalue weighted by Crippen LogP contribution is -1.97. The van der Waals surface area contributed by atoms with Crippen LogP contribution in [0.2, 0.25) is 0 Å². The van der Waals surface area contributed by atoms with Gasteiger partial charge < -0.3 is 14.6 Å². The summed E-state index contributed by atoms with van der Waals surface area (Å²) in [5, 5.41) is 8.89. The largest absolute Gasteiger partial charge is 0.493 e. The van der Waals surface area contributed by atoms with Crippen molar-refractivity contribution < 1.29 is 19.4 Å². The Hall–Kier alpha value is -2.49. The molecular formula is C20H24O4. The fourth-order valence-electron chi connectivity index (χ4n) is 2.32. The summed E-state index contributed by atoms with van der Waals surface area (Å²) in [7, 11) is 0. The zero-order chi connectivity index (χ0) is 17.2. The Morgan fingerprint density at radius 3 is 2.33 bits per heavy atom. The number of rotatable bonds is 10. The fraction of sp³-hybridized carbons (Fsp3) is 0.350. The topological polar surface area (TPSA) is 55.8 Å². The summed E-state index contributed by atoms with van der Waals surface area (Å²) in [5.74, 6) is 1.10. The molecule has 2 aromatic rings. The molecule has 2 rings (SSSR count). The molecule has 0 aliphatic heterocycles. The van der Waals surface area contributed by atoms with Gasteiger partial charge in [0.1, 0.15) is 17.2 Å². The molecule has 0 atom stereocenters. The average molecular weight is 328 g/mol. The number of ether oxygens (including phenoxy) is 2. The standard InChI is InChI=1S/C20H24O4/c1-2-3-4-5-6-14-23-18-8-7-9-19(15-18)24-17-12-10-16(11-13-17)20(21)22/h7-13,15H,2-6,14H2,1H3,(H,21,22). The number of benzene rings is 2. The number of aromatic carboxylic acids is 1. The molecule has 0 amide bonds. The van der Waals surface area contributed by atoms with Crippen LogP contribution in [0, 0.1) is 0 Å². The number of carboxylic acids is 1. The van der Waals surface area contributed by atoms with E-state index in [4.69, 9.17) is 14.6 Å². The third-order valence-electron chi connectivity index (χ3n) is 3.66. The Balaban J connectivity index is 1.84. The molecule has 0 saturated carbocycles. The first-order valence-electron chi connectivity index (χ1n) is 8.43. The zero-order valence-corrected chi connectivity index (χ0v) is 14.0. The lowest BCUT2D eigenvalue weighted by molar-refractivity contribution is 0.0697. The third kappa shape index (κ3) is 5.95. The predicted molar refractivity (Wildman–Crippen MR) is 94.2 cm³/mol. The molecule has 0 saturated heterocycles. The van der Waals surface area contributed by atoms with Gasteiger partial charge >= 0.3 is 5.97 Å². The lowest BCUT2D eigenvalue weighted by Gasteiger charge is -2.09. The van der Waals surface area contributed by atoms with Gasteiger partial charge in [-0.3, -0.25) is 0 Å². The van der Waals surface area contributed by atoms with E-state index in [1.54, 1.807) is 12.1 Å². The Labute approximate surface area is 143 Å². The minimum absolute atomic E-state index is 0.238. The summed E-state index contributed by atoms with van der Waals surface area (Å²) in [4.78, 5) is 10.8. The first kappa shape index (κ1) is 17.9. The molecule has 0 spiro atoms. The van der Waals surface area contributed by atoms with Crippen molar-refractivity contribution in [1.82, 2.24) is 0 Å². The zero-order valence-electron chi connectivity index (χ0n) is 14.0. The van der Waals surface area contributed by atoms with E-state index in [0.29, 0.717) is 18.1 Å². The van der Waals surface area contributed by atoms with E-state index in [1.807, 2.05) is 24.3 Å². The van der Waals surface area contributed by atoms with Crippen molar-refractivity contribution in [2.45, 2.75) is 39.0 Å². The van der Waals surface area contributed by atoms with E-state index in [9.17, 15) is 4.79 Å². The first-order chi connectivity index (χ1) is 11.7. The van der Waals surface area contributed by atoms with Gasteiger partial charge in [-0.05, 0) is 42.8 Å². The van der Waals surface area contributed by atoms with Crippen molar-refractivity contribution in [1.29, 1.82) is 0 Å². The highest BCUT2D eigenvalue weighted by Gasteiger charge is 2.04. The number of carboxylic acid groups (broad SMARTS) is 1. The maximum atomic E-state index is 10.8. The molecule has 2 aromatic carbocycles. The van der Waals surface area contributed by atoms with Crippen LogP contribution in [-0.2, 0) is 0 Å². The molecule has 0 fully saturated rings. The van der Waals surface area contributed by atoms with E-state index in [1.165, 1.54) is 37.8 Å². The first-order valence-corrected chi connectivity index (χ1v) is 8.43. The summed E-state index contributed by atoms with van der Waals surface area (Å²) in [6, 6.07) is 13.8. The van der Waals surface area contributed by atoms with E-state index < -0.39 is 5.97 Å². The summed E-state index contributed by atoms with van der Waals surface area (Å²) >= 11 is 0. The van der Waals surface area contributed by atoms with Crippen molar-refractivity contribution in [2.75, 3.05) is 6.61 Å². The highest BCUT2D eigenvalue weighted by molar-refractivity contribution is 5.87. The molecule has 0 aromatic heterocycles. The predicted octanol–water partition coefficient (Wildman–Crippen LogP) is 5.53. The monoisotopic (exact) mass is 328 g/mol. The van der Waals surface area contributed by atoms with Crippen LogP contribution in [-0.4, -0.2) is 17.7 Å². The molecule has 0 bridgehead atoms. The maximum Gasteiger partial charge on any atom is 0.335 e. The molecule has 0 heterocycles. The lowest BCUT2D eigenvalue weighted by atomic mass is 10.2. The van der Waals surface area contributed by atoms with Crippen molar-refractivity contribution in [3.8, 4) is 17.2 Å². The Morgan fingerprint density at radius 2 is 1.62 bits per heavy atom. The minimum atomic E-state index is -0.948. The minimum Gasteiger partial charge on any atom is -0.493 e. The second-order valence-electron chi connectivity index (χ2n) is 5.67. The Morgan fingerprint density at radius 1 is 0.917 bits per heavy atom. The van der Waals surface area contributed by atoms with E-state index in [0.717, 1.165) is 12.2 Å². The van der Waals surface area contributed by atoms with Gasteiger partial charge in [0.15, 0.2) is 0 Å². The van der Waals surface area contributed by atoms with Gasteiger partial charge in [-0.15, -0.1) is 0 Å². The molecule has 0 unspecified atom stereocenters. The third-order valence-corrected chi connectivity index (χ3v) is 3.66. The van der Waals surface area contributed by atoms with Crippen molar-refractivity contribution in [2.24, 2.45) is 0 Å². The quantitative estimate of drug-likeness (QED) is 0.583. The van der Waals surface area contributed by atoms with Gasteiger partial charge in [0.2, 0.25) is 0 Å². The molecular weight excluding hydrogens is 304 g/mol. The van der Waals surface area contributed by atoms with E-state index >= 15 is 0 Å². The maximum absolute atomic E-state index is 10.8. The molecule has 4 heteroatoms. The van der Waals surface area contributed by atoms with E-state index in [-0.39, 0.29) is 5.56 Å². The fourth-order valence-corrected chi connectivity index (χ4v) is 2.32. The summed E-state index contributed by atoms with van der Waals surface area (Å²) in [6.45, 7) is 2.91. The van der Waals surface area contributed by atoms with Crippen LogP contribution in [0.5, 0.6) is 17.2 Å². The van der Waals surface area contributed by atoms with Crippen LogP contribution < -0.4 is 9.47 Å². The van der Waals surface area contributed by atoms with Crippen LogP contribution in [0.1, 0.15) is 49.4 Å². The molecule has 4 nitrogen and oxygen atoms in total. The van der Waals surface area contributed by atoms with E-state index in [2.05, 4.69) is 6.92 Å². The van der Waals surface area contributed by atoms with Crippen molar-refractivity contribution in [3.05, 3.63) is 54.1 Å². The molecule has 24 heavy (non-hydrogen) atoms. The number of unbranched alkanes of at least 4 members (excludes halogenated alkanes) is 4. The van der Waals surface area contributed by atoms with Crippen LogP contribution in [0.25, 0.3) is 0 Å². The highest BCUT2D eigenvalue weighted by Crippen LogP contribution is 2.25. The van der Waals surface area contributed by atoms with Crippen LogP contribution in [0.4, 0.5) is 0 Å². The molecule has 128 valence electrons. The second kappa shape index (κ2) is 9.60. The Bertz CT molecular complexity index is 634. The number of hydrogen-bond donors (Lipinski definition) is 1. The molecule has 0 aliphatic carbocycles. The summed E-state index contributed by atoms with van der Waals surface area (Å²) < 4.78 is 11.5. The normalized spacial score (nSPS) is 10.4. The van der Waals surface area contributed by atoms with Gasteiger partial charge in [0, 0.05) is 6.07 Å². The van der Waals surface area contributed by atoms with Crippen LogP contribution in [0.3, 0.4) is 0 Å². The summed E-state index contributed by atoms with van der Waals surface area (Å²) in [6.07, 6.45) is 6.04. The van der Waals surface area contributed by atoms with Gasteiger partial charge in [-0.1, -0.05) is 38.7 Å². The number of hydrogen-bond acceptors (Lipinski definition) is 3. The van der Waals surface area contributed by atoms with Gasteiger partial charge in [-0.25, -0.2) is 4.79 Å².